The van der Waals surface area contributed by atoms with Crippen LogP contribution in [0.5, 0.6) is 0 Å². The smallest absolute Gasteiger partial charge is 0.321 e. The molecule has 8 nitrogen and oxygen atoms in total. The second-order valence-corrected chi connectivity index (χ2v) is 9.02. The first kappa shape index (κ1) is 22.6. The van der Waals surface area contributed by atoms with Gasteiger partial charge in [-0.3, -0.25) is 9.48 Å². The van der Waals surface area contributed by atoms with E-state index in [-0.39, 0.29) is 11.6 Å². The highest BCUT2D eigenvalue weighted by Gasteiger charge is 2.22. The van der Waals surface area contributed by atoms with Crippen molar-refractivity contribution in [1.29, 1.82) is 0 Å². The first-order valence-corrected chi connectivity index (χ1v) is 10.4. The zero-order chi connectivity index (χ0) is 22.9. The molecule has 0 saturated carbocycles. The molecule has 2 heterocycles. The van der Waals surface area contributed by atoms with E-state index in [0.717, 1.165) is 16.6 Å². The molecule has 166 valence electrons. The number of aliphatic hydroxyl groups is 1. The topological polar surface area (TPSA) is 97.3 Å². The molecule has 0 radical (unpaired) electrons. The van der Waals surface area contributed by atoms with Crippen LogP contribution in [0.1, 0.15) is 56.2 Å². The summed E-state index contributed by atoms with van der Waals surface area (Å²) in [7, 11) is 3.77. The number of hydrogen-bond donors (Lipinski definition) is 2. The Morgan fingerprint density at radius 1 is 1.32 bits per heavy atom. The van der Waals surface area contributed by atoms with E-state index in [1.807, 2.05) is 51.2 Å². The van der Waals surface area contributed by atoms with Crippen LogP contribution >= 0.6 is 0 Å². The number of rotatable bonds is 7. The molecule has 8 heteroatoms. The average Bonchev–Trinajstić information content (AvgIpc) is 3.06. The number of carbonyl (C=O) groups is 1. The van der Waals surface area contributed by atoms with Gasteiger partial charge in [-0.05, 0) is 38.5 Å². The molecule has 0 saturated heterocycles. The molecule has 1 aromatic carbocycles. The minimum Gasteiger partial charge on any atom is -0.618 e. The quantitative estimate of drug-likeness (QED) is 0.447. The van der Waals surface area contributed by atoms with Crippen LogP contribution in [0.4, 0.5) is 11.4 Å². The minimum atomic E-state index is -0.774. The number of carbonyl (C=O) groups excluding carboxylic acids is 1. The summed E-state index contributed by atoms with van der Waals surface area (Å²) >= 11 is 0. The molecule has 2 N–H and O–H groups in total. The summed E-state index contributed by atoms with van der Waals surface area (Å²) < 4.78 is 2.49. The second-order valence-electron chi connectivity index (χ2n) is 9.02. The summed E-state index contributed by atoms with van der Waals surface area (Å²) in [5, 5.41) is 31.0. The van der Waals surface area contributed by atoms with Crippen molar-refractivity contribution >= 4 is 28.2 Å². The third-order valence-electron chi connectivity index (χ3n) is 5.15. The SMILES string of the molecule is CC(C)c1cccc(C(=O)Nc2cc3cn(CCC(C)(C)O)nc3cc2N(C)C)[n+]1[O-]. The highest BCUT2D eigenvalue weighted by Crippen LogP contribution is 2.30. The highest BCUT2D eigenvalue weighted by atomic mass is 16.5. The Balaban J connectivity index is 1.94. The molecule has 2 aromatic heterocycles. The van der Waals surface area contributed by atoms with Gasteiger partial charge in [-0.25, -0.2) is 0 Å². The molecule has 0 fully saturated rings. The lowest BCUT2D eigenvalue weighted by atomic mass is 10.1. The molecule has 3 aromatic rings. The van der Waals surface area contributed by atoms with Gasteiger partial charge < -0.3 is 20.5 Å². The molecule has 31 heavy (non-hydrogen) atoms. The number of pyridine rings is 1. The van der Waals surface area contributed by atoms with Gasteiger partial charge in [0.2, 0.25) is 0 Å². The Bertz CT molecular complexity index is 1100. The van der Waals surface area contributed by atoms with Crippen LogP contribution in [-0.2, 0) is 6.54 Å². The molecule has 0 bridgehead atoms. The lowest BCUT2D eigenvalue weighted by Crippen LogP contribution is -2.41. The molecule has 0 aliphatic heterocycles. The molecule has 3 rings (SSSR count). The first-order valence-electron chi connectivity index (χ1n) is 10.4. The molecule has 0 atom stereocenters. The Morgan fingerprint density at radius 2 is 2.03 bits per heavy atom. The lowest BCUT2D eigenvalue weighted by Gasteiger charge is -2.18. The number of aryl methyl sites for hydroxylation is 1. The maximum absolute atomic E-state index is 12.9. The number of nitrogens with zero attached hydrogens (tertiary/aromatic N) is 4. The number of aromatic nitrogens is 3. The monoisotopic (exact) mass is 425 g/mol. The van der Waals surface area contributed by atoms with E-state index >= 15 is 0 Å². The van der Waals surface area contributed by atoms with Gasteiger partial charge >= 0.3 is 5.91 Å². The third kappa shape index (κ3) is 5.14. The van der Waals surface area contributed by atoms with Crippen molar-refractivity contribution in [3.63, 3.8) is 0 Å². The van der Waals surface area contributed by atoms with Crippen molar-refractivity contribution in [2.45, 2.75) is 52.2 Å². The second kappa shape index (κ2) is 8.55. The van der Waals surface area contributed by atoms with Crippen molar-refractivity contribution < 1.29 is 14.6 Å². The third-order valence-corrected chi connectivity index (χ3v) is 5.15. The largest absolute Gasteiger partial charge is 0.618 e. The van der Waals surface area contributed by atoms with Crippen molar-refractivity contribution in [3.8, 4) is 0 Å². The number of fused-ring (bicyclic) bond motifs is 1. The van der Waals surface area contributed by atoms with Gasteiger partial charge in [0.05, 0.1) is 22.5 Å². The van der Waals surface area contributed by atoms with E-state index in [4.69, 9.17) is 0 Å². The predicted molar refractivity (Wildman–Crippen MR) is 122 cm³/mol. The Hall–Kier alpha value is -3.13. The number of anilines is 2. The van der Waals surface area contributed by atoms with E-state index < -0.39 is 11.5 Å². The fraction of sp³-hybridized carbons (Fsp3) is 0.435. The number of nitrogens with one attached hydrogen (secondary N) is 1. The van der Waals surface area contributed by atoms with E-state index in [1.54, 1.807) is 30.7 Å². The summed E-state index contributed by atoms with van der Waals surface area (Å²) in [6.07, 6.45) is 2.46. The maximum Gasteiger partial charge on any atom is 0.321 e. The van der Waals surface area contributed by atoms with Gasteiger partial charge in [-0.15, -0.1) is 0 Å². The van der Waals surface area contributed by atoms with Crippen LogP contribution in [-0.4, -0.2) is 40.5 Å². The van der Waals surface area contributed by atoms with Crippen LogP contribution in [0, 0.1) is 5.21 Å². The zero-order valence-corrected chi connectivity index (χ0v) is 19.0. The molecule has 1 amide bonds. The van der Waals surface area contributed by atoms with Gasteiger partial charge in [-0.1, -0.05) is 13.8 Å². The standard InChI is InChI=1S/C23H31N5O3/c1-15(2)19-8-7-9-20(28(19)31)22(29)24-18-12-16-14-27(11-10-23(3,4)30)25-17(16)13-21(18)26(5)6/h7-9,12-15,30H,10-11H2,1-6H3,(H,24,29). The van der Waals surface area contributed by atoms with Crippen LogP contribution in [0.25, 0.3) is 10.9 Å². The van der Waals surface area contributed by atoms with Gasteiger partial charge in [0.15, 0.2) is 5.69 Å². The van der Waals surface area contributed by atoms with Gasteiger partial charge in [0.25, 0.3) is 5.69 Å². The Labute approximate surface area is 182 Å². The minimum absolute atomic E-state index is 0.00803. The number of hydrogen-bond acceptors (Lipinski definition) is 5. The number of amides is 1. The van der Waals surface area contributed by atoms with Crippen molar-refractivity contribution in [2.75, 3.05) is 24.3 Å². The van der Waals surface area contributed by atoms with E-state index in [9.17, 15) is 15.1 Å². The summed E-state index contributed by atoms with van der Waals surface area (Å²) in [6.45, 7) is 7.95. The van der Waals surface area contributed by atoms with Gasteiger partial charge in [-0.2, -0.15) is 9.83 Å². The average molecular weight is 426 g/mol. The molecule has 0 aliphatic carbocycles. The Morgan fingerprint density at radius 3 is 2.65 bits per heavy atom. The zero-order valence-electron chi connectivity index (χ0n) is 19.0. The molecular formula is C23H31N5O3. The first-order chi connectivity index (χ1) is 14.5. The van der Waals surface area contributed by atoms with Crippen molar-refractivity contribution in [1.82, 2.24) is 9.78 Å². The number of benzene rings is 1. The predicted octanol–water partition coefficient (Wildman–Crippen LogP) is 3.27. The van der Waals surface area contributed by atoms with Crippen LogP contribution in [0.2, 0.25) is 0 Å². The molecular weight excluding hydrogens is 394 g/mol. The fourth-order valence-corrected chi connectivity index (χ4v) is 3.38. The fourth-order valence-electron chi connectivity index (χ4n) is 3.38. The molecule has 0 spiro atoms. The van der Waals surface area contributed by atoms with E-state index in [2.05, 4.69) is 10.4 Å². The van der Waals surface area contributed by atoms with Crippen molar-refractivity contribution in [2.24, 2.45) is 0 Å². The van der Waals surface area contributed by atoms with Gasteiger partial charge in [0, 0.05) is 50.3 Å². The van der Waals surface area contributed by atoms with E-state index in [1.165, 1.54) is 6.07 Å². The Kier molecular flexibility index (Phi) is 6.22. The normalized spacial score (nSPS) is 11.9. The maximum atomic E-state index is 12.9. The summed E-state index contributed by atoms with van der Waals surface area (Å²) in [5.74, 6) is -0.456. The highest BCUT2D eigenvalue weighted by molar-refractivity contribution is 6.05. The van der Waals surface area contributed by atoms with Crippen LogP contribution < -0.4 is 14.9 Å². The van der Waals surface area contributed by atoms with E-state index in [0.29, 0.717) is 29.1 Å². The van der Waals surface area contributed by atoms with Crippen molar-refractivity contribution in [3.05, 3.63) is 53.1 Å². The summed E-state index contributed by atoms with van der Waals surface area (Å²) in [4.78, 5) is 14.8. The van der Waals surface area contributed by atoms with Crippen LogP contribution in [0.15, 0.2) is 36.5 Å². The molecule has 0 unspecified atom stereocenters. The summed E-state index contributed by atoms with van der Waals surface area (Å²) in [5.41, 5.74) is 1.99. The molecule has 0 aliphatic rings. The lowest BCUT2D eigenvalue weighted by molar-refractivity contribution is -0.617. The van der Waals surface area contributed by atoms with Crippen LogP contribution in [0.3, 0.4) is 0 Å². The van der Waals surface area contributed by atoms with Gasteiger partial charge in [0.1, 0.15) is 0 Å². The summed E-state index contributed by atoms with van der Waals surface area (Å²) in [6, 6.07) is 8.74.